The van der Waals surface area contributed by atoms with Gasteiger partial charge in [0.25, 0.3) is 0 Å². The summed E-state index contributed by atoms with van der Waals surface area (Å²) in [6, 6.07) is 8.10. The predicted octanol–water partition coefficient (Wildman–Crippen LogP) is 2.01. The second-order valence-electron chi connectivity index (χ2n) is 6.76. The molecule has 0 aliphatic carbocycles. The Kier molecular flexibility index (Phi) is 5.06. The lowest BCUT2D eigenvalue weighted by molar-refractivity contribution is -0.128. The maximum atomic E-state index is 11.8. The molecule has 5 nitrogen and oxygen atoms in total. The van der Waals surface area contributed by atoms with E-state index in [2.05, 4.69) is 16.4 Å². The number of hydrogen-bond acceptors (Lipinski definition) is 2. The molecule has 1 saturated heterocycles. The Morgan fingerprint density at radius 3 is 2.59 bits per heavy atom. The number of likely N-dealkylation sites (tertiary alicyclic amines) is 1. The Morgan fingerprint density at radius 1 is 1.32 bits per heavy atom. The summed E-state index contributed by atoms with van der Waals surface area (Å²) in [5, 5.41) is 3.15. The first-order valence-electron chi connectivity index (χ1n) is 7.78. The maximum Gasteiger partial charge on any atom is 0.222 e. The largest absolute Gasteiger partial charge is 0.370 e. The number of aliphatic imine (C=N–C) groups is 1. The molecule has 1 aromatic carbocycles. The van der Waals surface area contributed by atoms with E-state index in [0.29, 0.717) is 25.5 Å². The third kappa shape index (κ3) is 4.76. The zero-order valence-corrected chi connectivity index (χ0v) is 13.7. The fourth-order valence-corrected chi connectivity index (χ4v) is 2.54. The molecule has 0 atom stereocenters. The van der Waals surface area contributed by atoms with Gasteiger partial charge in [-0.3, -0.25) is 4.79 Å². The first kappa shape index (κ1) is 16.3. The van der Waals surface area contributed by atoms with Crippen molar-refractivity contribution in [1.82, 2.24) is 10.2 Å². The molecule has 1 amide bonds. The topological polar surface area (TPSA) is 70.7 Å². The minimum absolute atomic E-state index is 0.102. The van der Waals surface area contributed by atoms with Gasteiger partial charge in [-0.1, -0.05) is 24.3 Å². The van der Waals surface area contributed by atoms with Crippen molar-refractivity contribution in [2.75, 3.05) is 6.54 Å². The van der Waals surface area contributed by atoms with Crippen molar-refractivity contribution >= 4 is 11.9 Å². The van der Waals surface area contributed by atoms with E-state index in [0.717, 1.165) is 24.1 Å². The van der Waals surface area contributed by atoms with Crippen molar-refractivity contribution in [2.45, 2.75) is 52.2 Å². The Balaban J connectivity index is 2.05. The molecule has 3 N–H and O–H groups in total. The number of nitrogens with zero attached hydrogens (tertiary/aromatic N) is 2. The van der Waals surface area contributed by atoms with Gasteiger partial charge in [0.15, 0.2) is 5.96 Å². The third-order valence-electron chi connectivity index (χ3n) is 3.57. The van der Waals surface area contributed by atoms with E-state index in [1.165, 1.54) is 0 Å². The van der Waals surface area contributed by atoms with E-state index in [1.807, 2.05) is 43.9 Å². The summed E-state index contributed by atoms with van der Waals surface area (Å²) in [5.74, 6) is 0.687. The lowest BCUT2D eigenvalue weighted by Gasteiger charge is -2.21. The highest BCUT2D eigenvalue weighted by atomic mass is 16.2. The molecular formula is C17H26N4O. The monoisotopic (exact) mass is 302 g/mol. The lowest BCUT2D eigenvalue weighted by atomic mass is 10.1. The molecule has 22 heavy (non-hydrogen) atoms. The molecule has 1 heterocycles. The summed E-state index contributed by atoms with van der Waals surface area (Å²) in [7, 11) is 0. The van der Waals surface area contributed by atoms with Crippen LogP contribution in [0.4, 0.5) is 0 Å². The summed E-state index contributed by atoms with van der Waals surface area (Å²) in [5.41, 5.74) is 8.07. The summed E-state index contributed by atoms with van der Waals surface area (Å²) >= 11 is 0. The first-order valence-corrected chi connectivity index (χ1v) is 7.78. The normalized spacial score (nSPS) is 16.2. The van der Waals surface area contributed by atoms with Gasteiger partial charge in [0.05, 0.1) is 6.54 Å². The van der Waals surface area contributed by atoms with E-state index in [-0.39, 0.29) is 11.4 Å². The van der Waals surface area contributed by atoms with Crippen LogP contribution >= 0.6 is 0 Å². The van der Waals surface area contributed by atoms with Crippen LogP contribution in [0.5, 0.6) is 0 Å². The standard InChI is InChI=1S/C17H26N4O/c1-17(2,3)20-16(18)19-11-13-7-4-5-8-14(13)12-21-10-6-9-15(21)22/h4-5,7-8H,6,9-12H2,1-3H3,(H3,18,19,20). The van der Waals surface area contributed by atoms with Gasteiger partial charge >= 0.3 is 0 Å². The van der Waals surface area contributed by atoms with E-state index in [1.54, 1.807) is 0 Å². The quantitative estimate of drug-likeness (QED) is 0.660. The van der Waals surface area contributed by atoms with Crippen molar-refractivity contribution < 1.29 is 4.79 Å². The molecule has 1 aliphatic heterocycles. The van der Waals surface area contributed by atoms with Crippen LogP contribution < -0.4 is 11.1 Å². The van der Waals surface area contributed by atoms with Crippen molar-refractivity contribution in [3.8, 4) is 0 Å². The van der Waals surface area contributed by atoms with Crippen molar-refractivity contribution in [1.29, 1.82) is 0 Å². The highest BCUT2D eigenvalue weighted by Crippen LogP contribution is 2.17. The Morgan fingerprint density at radius 2 is 2.00 bits per heavy atom. The number of guanidine groups is 1. The second-order valence-corrected chi connectivity index (χ2v) is 6.76. The molecule has 0 unspecified atom stereocenters. The van der Waals surface area contributed by atoms with Crippen LogP contribution in [0.2, 0.25) is 0 Å². The van der Waals surface area contributed by atoms with Crippen LogP contribution in [0.15, 0.2) is 29.3 Å². The summed E-state index contributed by atoms with van der Waals surface area (Å²) in [6.07, 6.45) is 1.63. The van der Waals surface area contributed by atoms with Gasteiger partial charge < -0.3 is 16.0 Å². The highest BCUT2D eigenvalue weighted by Gasteiger charge is 2.20. The number of hydrogen-bond donors (Lipinski definition) is 2. The average molecular weight is 302 g/mol. The first-order chi connectivity index (χ1) is 10.3. The molecule has 1 aliphatic rings. The number of rotatable bonds is 4. The zero-order chi connectivity index (χ0) is 16.2. The molecule has 120 valence electrons. The molecule has 2 rings (SSSR count). The molecule has 0 radical (unpaired) electrons. The maximum absolute atomic E-state index is 11.8. The number of benzene rings is 1. The van der Waals surface area contributed by atoms with Gasteiger partial charge in [0, 0.05) is 25.0 Å². The van der Waals surface area contributed by atoms with Crippen molar-refractivity contribution in [3.05, 3.63) is 35.4 Å². The number of carbonyl (C=O) groups excluding carboxylic acids is 1. The fourth-order valence-electron chi connectivity index (χ4n) is 2.54. The Labute approximate surface area is 132 Å². The van der Waals surface area contributed by atoms with Crippen LogP contribution in [0, 0.1) is 0 Å². The van der Waals surface area contributed by atoms with E-state index in [9.17, 15) is 4.79 Å². The highest BCUT2D eigenvalue weighted by molar-refractivity contribution is 5.79. The number of nitrogens with two attached hydrogens (primary N) is 1. The lowest BCUT2D eigenvalue weighted by Crippen LogP contribution is -2.45. The molecule has 1 fully saturated rings. The van der Waals surface area contributed by atoms with Gasteiger partial charge in [0.2, 0.25) is 5.91 Å². The average Bonchev–Trinajstić information content (AvgIpc) is 2.81. The Bertz CT molecular complexity index is 560. The Hall–Kier alpha value is -2.04. The SMILES string of the molecule is CC(C)(C)NC(N)=NCc1ccccc1CN1CCCC1=O. The van der Waals surface area contributed by atoms with Crippen LogP contribution in [0.25, 0.3) is 0 Å². The smallest absolute Gasteiger partial charge is 0.222 e. The van der Waals surface area contributed by atoms with Gasteiger partial charge in [-0.05, 0) is 38.3 Å². The van der Waals surface area contributed by atoms with Crippen LogP contribution in [-0.2, 0) is 17.9 Å². The zero-order valence-electron chi connectivity index (χ0n) is 13.7. The summed E-state index contributed by atoms with van der Waals surface area (Å²) in [6.45, 7) is 8.17. The predicted molar refractivity (Wildman–Crippen MR) is 89.3 cm³/mol. The van der Waals surface area contributed by atoms with E-state index >= 15 is 0 Å². The molecule has 5 heteroatoms. The molecule has 0 bridgehead atoms. The van der Waals surface area contributed by atoms with Gasteiger partial charge in [-0.2, -0.15) is 0 Å². The van der Waals surface area contributed by atoms with E-state index < -0.39 is 0 Å². The van der Waals surface area contributed by atoms with Gasteiger partial charge in [-0.25, -0.2) is 4.99 Å². The molecule has 1 aromatic rings. The molecule has 0 spiro atoms. The van der Waals surface area contributed by atoms with Crippen LogP contribution in [0.1, 0.15) is 44.7 Å². The van der Waals surface area contributed by atoms with E-state index in [4.69, 9.17) is 5.73 Å². The summed E-state index contributed by atoms with van der Waals surface area (Å²) in [4.78, 5) is 18.1. The van der Waals surface area contributed by atoms with Crippen LogP contribution in [0.3, 0.4) is 0 Å². The summed E-state index contributed by atoms with van der Waals surface area (Å²) < 4.78 is 0. The fraction of sp³-hybridized carbons (Fsp3) is 0.529. The third-order valence-corrected chi connectivity index (χ3v) is 3.57. The molecule has 0 aromatic heterocycles. The number of nitrogens with one attached hydrogen (secondary N) is 1. The number of amides is 1. The van der Waals surface area contributed by atoms with Crippen molar-refractivity contribution in [3.63, 3.8) is 0 Å². The number of carbonyl (C=O) groups is 1. The molecule has 0 saturated carbocycles. The van der Waals surface area contributed by atoms with Crippen molar-refractivity contribution in [2.24, 2.45) is 10.7 Å². The van der Waals surface area contributed by atoms with Gasteiger partial charge in [0.1, 0.15) is 0 Å². The molecular weight excluding hydrogens is 276 g/mol. The second kappa shape index (κ2) is 6.81. The minimum Gasteiger partial charge on any atom is -0.370 e. The van der Waals surface area contributed by atoms with Gasteiger partial charge in [-0.15, -0.1) is 0 Å². The minimum atomic E-state index is -0.102. The van der Waals surface area contributed by atoms with Crippen LogP contribution in [-0.4, -0.2) is 28.9 Å².